The molecule has 4 nitrogen and oxygen atoms in total. The number of nitrogens with zero attached hydrogens (tertiary/aromatic N) is 3. The lowest BCUT2D eigenvalue weighted by Crippen LogP contribution is -2.26. The number of rotatable bonds is 7. The molecule has 1 heterocycles. The summed E-state index contributed by atoms with van der Waals surface area (Å²) in [4.78, 5) is 4.41. The van der Waals surface area contributed by atoms with Gasteiger partial charge in [-0.1, -0.05) is 28.9 Å². The van der Waals surface area contributed by atoms with Crippen molar-refractivity contribution >= 4 is 15.9 Å². The van der Waals surface area contributed by atoms with E-state index in [0.29, 0.717) is 0 Å². The van der Waals surface area contributed by atoms with Crippen LogP contribution < -0.4 is 5.32 Å². The molecule has 0 amide bonds. The second kappa shape index (κ2) is 7.71. The second-order valence-corrected chi connectivity index (χ2v) is 6.12. The van der Waals surface area contributed by atoms with E-state index in [-0.39, 0.29) is 6.04 Å². The smallest absolute Gasteiger partial charge is 0.138 e. The molecular formula is C16H23BrN4. The van der Waals surface area contributed by atoms with Crippen LogP contribution in [0.1, 0.15) is 43.3 Å². The van der Waals surface area contributed by atoms with Crippen molar-refractivity contribution in [3.63, 3.8) is 0 Å². The Hall–Kier alpha value is -1.20. The van der Waals surface area contributed by atoms with Gasteiger partial charge in [-0.25, -0.2) is 4.98 Å². The highest BCUT2D eigenvalue weighted by Gasteiger charge is 2.17. The van der Waals surface area contributed by atoms with E-state index < -0.39 is 0 Å². The van der Waals surface area contributed by atoms with E-state index in [4.69, 9.17) is 0 Å². The van der Waals surface area contributed by atoms with Crippen molar-refractivity contribution < 1.29 is 0 Å². The molecule has 2 aromatic rings. The third-order valence-electron chi connectivity index (χ3n) is 3.63. The van der Waals surface area contributed by atoms with E-state index in [1.165, 1.54) is 11.1 Å². The fourth-order valence-corrected chi connectivity index (χ4v) is 3.01. The Morgan fingerprint density at radius 1 is 1.33 bits per heavy atom. The van der Waals surface area contributed by atoms with Gasteiger partial charge in [-0.15, -0.1) is 0 Å². The molecule has 1 atom stereocenters. The lowest BCUT2D eigenvalue weighted by atomic mass is 9.98. The lowest BCUT2D eigenvalue weighted by Gasteiger charge is -2.21. The molecule has 0 aliphatic carbocycles. The Bertz CT molecular complexity index is 579. The van der Waals surface area contributed by atoms with Gasteiger partial charge >= 0.3 is 0 Å². The normalized spacial score (nSPS) is 12.6. The maximum absolute atomic E-state index is 4.41. The van der Waals surface area contributed by atoms with Crippen molar-refractivity contribution in [3.8, 4) is 0 Å². The highest BCUT2D eigenvalue weighted by Crippen LogP contribution is 2.24. The first-order chi connectivity index (χ1) is 10.2. The molecule has 21 heavy (non-hydrogen) atoms. The molecule has 1 aromatic heterocycles. The molecule has 0 fully saturated rings. The van der Waals surface area contributed by atoms with Crippen LogP contribution in [0.15, 0.2) is 29.0 Å². The van der Waals surface area contributed by atoms with E-state index in [0.717, 1.165) is 36.2 Å². The summed E-state index contributed by atoms with van der Waals surface area (Å²) in [5, 5.41) is 7.91. The molecule has 114 valence electrons. The molecule has 1 aromatic carbocycles. The first-order valence-electron chi connectivity index (χ1n) is 7.51. The fourth-order valence-electron chi connectivity index (χ4n) is 2.53. The van der Waals surface area contributed by atoms with Crippen molar-refractivity contribution in [2.45, 2.75) is 46.2 Å². The van der Waals surface area contributed by atoms with E-state index in [1.807, 2.05) is 4.68 Å². The fraction of sp³-hybridized carbons (Fsp3) is 0.500. The largest absolute Gasteiger partial charge is 0.310 e. The van der Waals surface area contributed by atoms with Gasteiger partial charge < -0.3 is 5.32 Å². The quantitative estimate of drug-likeness (QED) is 0.828. The Morgan fingerprint density at radius 3 is 2.81 bits per heavy atom. The summed E-state index contributed by atoms with van der Waals surface area (Å²) >= 11 is 3.53. The van der Waals surface area contributed by atoms with Crippen LogP contribution in [-0.2, 0) is 13.0 Å². The van der Waals surface area contributed by atoms with Gasteiger partial charge in [0.15, 0.2) is 0 Å². The number of aromatic nitrogens is 3. The number of halogens is 1. The molecule has 5 heteroatoms. The van der Waals surface area contributed by atoms with Crippen LogP contribution in [0.5, 0.6) is 0 Å². The molecule has 0 saturated heterocycles. The van der Waals surface area contributed by atoms with Gasteiger partial charge in [0.05, 0.1) is 0 Å². The molecule has 2 rings (SSSR count). The zero-order valence-electron chi connectivity index (χ0n) is 12.9. The summed E-state index contributed by atoms with van der Waals surface area (Å²) in [7, 11) is 0. The number of nitrogens with one attached hydrogen (secondary N) is 1. The van der Waals surface area contributed by atoms with Gasteiger partial charge in [0, 0.05) is 23.5 Å². The van der Waals surface area contributed by atoms with Crippen LogP contribution in [0, 0.1) is 6.92 Å². The van der Waals surface area contributed by atoms with Crippen LogP contribution >= 0.6 is 15.9 Å². The van der Waals surface area contributed by atoms with Crippen molar-refractivity contribution in [2.24, 2.45) is 0 Å². The zero-order valence-corrected chi connectivity index (χ0v) is 14.5. The summed E-state index contributed by atoms with van der Waals surface area (Å²) < 4.78 is 3.09. The van der Waals surface area contributed by atoms with Gasteiger partial charge in [-0.3, -0.25) is 4.68 Å². The Labute approximate surface area is 135 Å². The number of aryl methyl sites for hydroxylation is 2. The van der Waals surface area contributed by atoms with Crippen molar-refractivity contribution in [3.05, 3.63) is 46.0 Å². The monoisotopic (exact) mass is 350 g/mol. The van der Waals surface area contributed by atoms with E-state index in [9.17, 15) is 0 Å². The van der Waals surface area contributed by atoms with Crippen molar-refractivity contribution in [1.29, 1.82) is 0 Å². The highest BCUT2D eigenvalue weighted by atomic mass is 79.9. The lowest BCUT2D eigenvalue weighted by molar-refractivity contribution is 0.495. The molecule has 0 aliphatic rings. The van der Waals surface area contributed by atoms with Gasteiger partial charge in [0.1, 0.15) is 12.2 Å². The maximum Gasteiger partial charge on any atom is 0.138 e. The topological polar surface area (TPSA) is 42.7 Å². The molecule has 0 radical (unpaired) electrons. The van der Waals surface area contributed by atoms with Gasteiger partial charge in [-0.2, -0.15) is 5.10 Å². The van der Waals surface area contributed by atoms with Gasteiger partial charge in [-0.05, 0) is 50.1 Å². The average molecular weight is 351 g/mol. The molecule has 1 unspecified atom stereocenters. The average Bonchev–Trinajstić information content (AvgIpc) is 2.91. The van der Waals surface area contributed by atoms with Crippen LogP contribution in [-0.4, -0.2) is 21.3 Å². The summed E-state index contributed by atoms with van der Waals surface area (Å²) in [6.45, 7) is 8.30. The third-order valence-corrected chi connectivity index (χ3v) is 4.12. The van der Waals surface area contributed by atoms with E-state index in [2.05, 4.69) is 70.3 Å². The number of benzene rings is 1. The maximum atomic E-state index is 4.41. The first kappa shape index (κ1) is 16.2. The van der Waals surface area contributed by atoms with Crippen LogP contribution in [0.25, 0.3) is 0 Å². The predicted octanol–water partition coefficient (Wildman–Crippen LogP) is 3.65. The predicted molar refractivity (Wildman–Crippen MR) is 89.3 cm³/mol. The van der Waals surface area contributed by atoms with Crippen molar-refractivity contribution in [2.75, 3.05) is 6.54 Å². The standard InChI is InChI=1S/C16H23BrN4/c1-4-8-18-15(10-16-19-11-20-21(16)5-2)14-7-6-13(17)9-12(14)3/h6-7,9,11,15,18H,4-5,8,10H2,1-3H3. The second-order valence-electron chi connectivity index (χ2n) is 5.20. The molecule has 0 saturated carbocycles. The summed E-state index contributed by atoms with van der Waals surface area (Å²) in [5.41, 5.74) is 2.62. The Kier molecular flexibility index (Phi) is 5.94. The number of hydrogen-bond acceptors (Lipinski definition) is 3. The van der Waals surface area contributed by atoms with Gasteiger partial charge in [0.25, 0.3) is 0 Å². The third kappa shape index (κ3) is 4.14. The zero-order chi connectivity index (χ0) is 15.2. The minimum absolute atomic E-state index is 0.271. The summed E-state index contributed by atoms with van der Waals surface area (Å²) in [6.07, 6.45) is 3.62. The number of hydrogen-bond donors (Lipinski definition) is 1. The summed E-state index contributed by atoms with van der Waals surface area (Å²) in [5.74, 6) is 1.04. The minimum Gasteiger partial charge on any atom is -0.310 e. The Balaban J connectivity index is 2.25. The molecule has 0 aliphatic heterocycles. The Morgan fingerprint density at radius 2 is 2.14 bits per heavy atom. The summed E-state index contributed by atoms with van der Waals surface area (Å²) in [6, 6.07) is 6.74. The van der Waals surface area contributed by atoms with Gasteiger partial charge in [0.2, 0.25) is 0 Å². The van der Waals surface area contributed by atoms with Crippen LogP contribution in [0.2, 0.25) is 0 Å². The SMILES string of the molecule is CCCNC(Cc1ncnn1CC)c1ccc(Br)cc1C. The van der Waals surface area contributed by atoms with Crippen LogP contribution in [0.3, 0.4) is 0 Å². The molecule has 1 N–H and O–H groups in total. The van der Waals surface area contributed by atoms with Crippen molar-refractivity contribution in [1.82, 2.24) is 20.1 Å². The highest BCUT2D eigenvalue weighted by molar-refractivity contribution is 9.10. The van der Waals surface area contributed by atoms with E-state index >= 15 is 0 Å². The molecular weight excluding hydrogens is 328 g/mol. The minimum atomic E-state index is 0.271. The van der Waals surface area contributed by atoms with E-state index in [1.54, 1.807) is 6.33 Å². The molecule has 0 spiro atoms. The van der Waals surface area contributed by atoms with Crippen LogP contribution in [0.4, 0.5) is 0 Å². The molecule has 0 bridgehead atoms. The first-order valence-corrected chi connectivity index (χ1v) is 8.31.